The van der Waals surface area contributed by atoms with E-state index in [1.807, 2.05) is 13.0 Å². The Morgan fingerprint density at radius 2 is 2.16 bits per heavy atom. The highest BCUT2D eigenvalue weighted by atomic mass is 35.5. The van der Waals surface area contributed by atoms with Crippen molar-refractivity contribution in [3.8, 4) is 0 Å². The number of aryl methyl sites for hydroxylation is 2. The molecule has 100 valence electrons. The van der Waals surface area contributed by atoms with Crippen molar-refractivity contribution in [3.63, 3.8) is 0 Å². The molecule has 0 radical (unpaired) electrons. The number of halogens is 1. The van der Waals surface area contributed by atoms with E-state index in [0.717, 1.165) is 30.0 Å². The summed E-state index contributed by atoms with van der Waals surface area (Å²) in [4.78, 5) is 2.28. The zero-order valence-corrected chi connectivity index (χ0v) is 11.9. The molecular weight excluding hydrogens is 262 g/mol. The van der Waals surface area contributed by atoms with Crippen LogP contribution in [0.1, 0.15) is 29.3 Å². The maximum absolute atomic E-state index is 6.24. The highest BCUT2D eigenvalue weighted by Crippen LogP contribution is 2.35. The number of aromatic nitrogens is 2. The van der Waals surface area contributed by atoms with Crippen molar-refractivity contribution >= 4 is 17.3 Å². The van der Waals surface area contributed by atoms with Crippen LogP contribution in [0.15, 0.2) is 16.5 Å². The van der Waals surface area contributed by atoms with E-state index < -0.39 is 0 Å². The van der Waals surface area contributed by atoms with Crippen LogP contribution in [0.3, 0.4) is 0 Å². The van der Waals surface area contributed by atoms with E-state index in [2.05, 4.69) is 28.1 Å². The quantitative estimate of drug-likeness (QED) is 0.845. The first-order valence-electron chi connectivity index (χ1n) is 6.47. The van der Waals surface area contributed by atoms with Crippen molar-refractivity contribution in [3.05, 3.63) is 40.1 Å². The van der Waals surface area contributed by atoms with Crippen LogP contribution in [-0.2, 0) is 13.0 Å². The van der Waals surface area contributed by atoms with Crippen LogP contribution in [0.5, 0.6) is 0 Å². The summed E-state index contributed by atoms with van der Waals surface area (Å²) in [5, 5.41) is 8.76. The Kier molecular flexibility index (Phi) is 3.19. The second-order valence-electron chi connectivity index (χ2n) is 4.92. The lowest BCUT2D eigenvalue weighted by Crippen LogP contribution is -2.29. The topological polar surface area (TPSA) is 42.2 Å². The minimum absolute atomic E-state index is 0.607. The summed E-state index contributed by atoms with van der Waals surface area (Å²) < 4.78 is 5.47. The SMILES string of the molecule is Cc1nnc(CN2CCCc3ccc(Cl)c(C)c32)o1. The standard InChI is InChI=1S/C14H16ClN3O/c1-9-12(15)6-5-11-4-3-7-18(14(9)11)8-13-17-16-10(2)19-13/h5-6H,3-4,7-8H2,1-2H3. The van der Waals surface area contributed by atoms with Gasteiger partial charge in [-0.25, -0.2) is 0 Å². The summed E-state index contributed by atoms with van der Waals surface area (Å²) in [5.74, 6) is 1.26. The van der Waals surface area contributed by atoms with E-state index in [1.54, 1.807) is 0 Å². The molecule has 4 nitrogen and oxygen atoms in total. The van der Waals surface area contributed by atoms with E-state index in [1.165, 1.54) is 11.3 Å². The molecule has 0 N–H and O–H groups in total. The molecule has 1 aromatic carbocycles. The molecule has 0 spiro atoms. The number of hydrogen-bond acceptors (Lipinski definition) is 4. The maximum Gasteiger partial charge on any atom is 0.235 e. The van der Waals surface area contributed by atoms with Crippen LogP contribution in [0.25, 0.3) is 0 Å². The number of nitrogens with zero attached hydrogens (tertiary/aromatic N) is 3. The van der Waals surface area contributed by atoms with Crippen molar-refractivity contribution < 1.29 is 4.42 Å². The first-order chi connectivity index (χ1) is 9.15. The van der Waals surface area contributed by atoms with Crippen molar-refractivity contribution in [2.75, 3.05) is 11.4 Å². The predicted octanol–water partition coefficient (Wildman–Crippen LogP) is 3.29. The highest BCUT2D eigenvalue weighted by molar-refractivity contribution is 6.31. The van der Waals surface area contributed by atoms with E-state index in [-0.39, 0.29) is 0 Å². The number of hydrogen-bond donors (Lipinski definition) is 0. The molecular formula is C14H16ClN3O. The lowest BCUT2D eigenvalue weighted by atomic mass is 9.98. The predicted molar refractivity (Wildman–Crippen MR) is 74.6 cm³/mol. The van der Waals surface area contributed by atoms with Crippen molar-refractivity contribution in [2.45, 2.75) is 33.2 Å². The molecule has 1 aliphatic rings. The van der Waals surface area contributed by atoms with E-state index in [4.69, 9.17) is 16.0 Å². The van der Waals surface area contributed by atoms with Gasteiger partial charge >= 0.3 is 0 Å². The van der Waals surface area contributed by atoms with Crippen LogP contribution in [-0.4, -0.2) is 16.7 Å². The van der Waals surface area contributed by atoms with Crippen molar-refractivity contribution in [1.29, 1.82) is 0 Å². The molecule has 0 aliphatic carbocycles. The molecule has 0 bridgehead atoms. The molecule has 19 heavy (non-hydrogen) atoms. The van der Waals surface area contributed by atoms with Crippen LogP contribution in [0.4, 0.5) is 5.69 Å². The molecule has 1 aromatic heterocycles. The number of benzene rings is 1. The zero-order valence-electron chi connectivity index (χ0n) is 11.1. The summed E-state index contributed by atoms with van der Waals surface area (Å²) >= 11 is 6.24. The van der Waals surface area contributed by atoms with Crippen LogP contribution >= 0.6 is 11.6 Å². The average Bonchev–Trinajstić information content (AvgIpc) is 2.80. The van der Waals surface area contributed by atoms with Gasteiger partial charge in [-0.3, -0.25) is 0 Å². The minimum atomic E-state index is 0.607. The Labute approximate surface area is 117 Å². The molecule has 0 unspecified atom stereocenters. The van der Waals surface area contributed by atoms with Crippen LogP contribution in [0, 0.1) is 13.8 Å². The van der Waals surface area contributed by atoms with E-state index in [9.17, 15) is 0 Å². The minimum Gasteiger partial charge on any atom is -0.424 e. The smallest absolute Gasteiger partial charge is 0.235 e. The number of anilines is 1. The van der Waals surface area contributed by atoms with Gasteiger partial charge in [-0.1, -0.05) is 17.7 Å². The van der Waals surface area contributed by atoms with E-state index >= 15 is 0 Å². The Morgan fingerprint density at radius 3 is 2.89 bits per heavy atom. The summed E-state index contributed by atoms with van der Waals surface area (Å²) in [5.41, 5.74) is 3.72. The third-order valence-electron chi connectivity index (χ3n) is 3.53. The van der Waals surface area contributed by atoms with E-state index in [0.29, 0.717) is 18.3 Å². The van der Waals surface area contributed by atoms with Gasteiger partial charge in [0.1, 0.15) is 0 Å². The summed E-state index contributed by atoms with van der Waals surface area (Å²) in [6, 6.07) is 4.10. The Bertz CT molecular complexity index is 609. The molecule has 0 atom stereocenters. The average molecular weight is 278 g/mol. The lowest BCUT2D eigenvalue weighted by Gasteiger charge is -2.32. The number of fused-ring (bicyclic) bond motifs is 1. The van der Waals surface area contributed by atoms with Gasteiger partial charge in [-0.15, -0.1) is 10.2 Å². The highest BCUT2D eigenvalue weighted by Gasteiger charge is 2.21. The summed E-state index contributed by atoms with van der Waals surface area (Å²) in [6.45, 7) is 5.52. The first-order valence-corrected chi connectivity index (χ1v) is 6.85. The molecule has 0 saturated heterocycles. The largest absolute Gasteiger partial charge is 0.424 e. The van der Waals surface area contributed by atoms with Gasteiger partial charge in [-0.2, -0.15) is 0 Å². The zero-order chi connectivity index (χ0) is 13.4. The third-order valence-corrected chi connectivity index (χ3v) is 3.94. The Hall–Kier alpha value is -1.55. The van der Waals surface area contributed by atoms with Gasteiger partial charge in [0, 0.05) is 24.2 Å². The van der Waals surface area contributed by atoms with Gasteiger partial charge < -0.3 is 9.32 Å². The Balaban J connectivity index is 1.95. The van der Waals surface area contributed by atoms with Crippen LogP contribution in [0.2, 0.25) is 5.02 Å². The fourth-order valence-electron chi connectivity index (χ4n) is 2.67. The fraction of sp³-hybridized carbons (Fsp3) is 0.429. The van der Waals surface area contributed by atoms with Gasteiger partial charge in [-0.05, 0) is 37.0 Å². The lowest BCUT2D eigenvalue weighted by molar-refractivity contribution is 0.459. The third kappa shape index (κ3) is 2.32. The first kappa shape index (κ1) is 12.5. The van der Waals surface area contributed by atoms with Crippen molar-refractivity contribution in [2.24, 2.45) is 0 Å². The number of rotatable bonds is 2. The molecule has 1 aliphatic heterocycles. The molecule has 2 aromatic rings. The Morgan fingerprint density at radius 1 is 1.32 bits per heavy atom. The van der Waals surface area contributed by atoms with Gasteiger partial charge in [0.25, 0.3) is 0 Å². The molecule has 5 heteroatoms. The fourth-order valence-corrected chi connectivity index (χ4v) is 2.82. The monoisotopic (exact) mass is 277 g/mol. The normalized spacial score (nSPS) is 14.6. The summed E-state index contributed by atoms with van der Waals surface area (Å²) in [6.07, 6.45) is 2.24. The van der Waals surface area contributed by atoms with Gasteiger partial charge in [0.2, 0.25) is 11.8 Å². The molecule has 0 amide bonds. The summed E-state index contributed by atoms with van der Waals surface area (Å²) in [7, 11) is 0. The molecule has 3 rings (SSSR count). The molecule has 2 heterocycles. The van der Waals surface area contributed by atoms with Crippen molar-refractivity contribution in [1.82, 2.24) is 10.2 Å². The van der Waals surface area contributed by atoms with Crippen LogP contribution < -0.4 is 4.90 Å². The molecule has 0 saturated carbocycles. The second-order valence-corrected chi connectivity index (χ2v) is 5.33. The van der Waals surface area contributed by atoms with Gasteiger partial charge in [0.05, 0.1) is 6.54 Å². The molecule has 0 fully saturated rings. The van der Waals surface area contributed by atoms with Gasteiger partial charge in [0.15, 0.2) is 0 Å². The maximum atomic E-state index is 6.24. The second kappa shape index (κ2) is 4.85.